The van der Waals surface area contributed by atoms with Crippen LogP contribution >= 0.6 is 0 Å². The number of likely N-dealkylation sites (N-methyl/N-ethyl adjacent to an activating group) is 1. The number of carbonyl (C=O) groups is 1. The van der Waals surface area contributed by atoms with E-state index < -0.39 is 5.97 Å². The second-order valence-corrected chi connectivity index (χ2v) is 6.59. The van der Waals surface area contributed by atoms with Gasteiger partial charge in [0.15, 0.2) is 0 Å². The Morgan fingerprint density at radius 1 is 1.27 bits per heavy atom. The number of hydrogen-bond acceptors (Lipinski definition) is 4. The van der Waals surface area contributed by atoms with Crippen LogP contribution in [0.25, 0.3) is 0 Å². The molecule has 1 aliphatic heterocycles. The first-order chi connectivity index (χ1) is 12.3. The fourth-order valence-corrected chi connectivity index (χ4v) is 3.31. The van der Waals surface area contributed by atoms with Crippen LogP contribution in [0.5, 0.6) is 0 Å². The quantitative estimate of drug-likeness (QED) is 0.770. The molecule has 0 fully saturated rings. The molecule has 2 aromatic rings. The third-order valence-electron chi connectivity index (χ3n) is 5.15. The van der Waals surface area contributed by atoms with Gasteiger partial charge in [-0.15, -0.1) is 0 Å². The number of aryl methyl sites for hydroxylation is 1. The van der Waals surface area contributed by atoms with Crippen molar-refractivity contribution in [2.24, 2.45) is 0 Å². The summed E-state index contributed by atoms with van der Waals surface area (Å²) in [4.78, 5) is 16.0. The number of methoxy groups -OCH3 is 1. The van der Waals surface area contributed by atoms with E-state index in [9.17, 15) is 9.18 Å². The van der Waals surface area contributed by atoms with Gasteiger partial charge in [-0.25, -0.2) is 9.18 Å². The van der Waals surface area contributed by atoms with Crippen molar-refractivity contribution in [1.82, 2.24) is 0 Å². The van der Waals surface area contributed by atoms with Crippen LogP contribution in [0.2, 0.25) is 0 Å². The number of carbonyl (C=O) groups excluding carboxylic acids is 1. The van der Waals surface area contributed by atoms with Gasteiger partial charge in [0.25, 0.3) is 0 Å². The Hall–Kier alpha value is -2.82. The Kier molecular flexibility index (Phi) is 4.72. The topological polar surface area (TPSA) is 32.8 Å². The molecular formula is C21H23FN2O2. The van der Waals surface area contributed by atoms with E-state index in [1.807, 2.05) is 31.0 Å². The zero-order valence-corrected chi connectivity index (χ0v) is 15.5. The highest BCUT2D eigenvalue weighted by atomic mass is 19.1. The predicted molar refractivity (Wildman–Crippen MR) is 102 cm³/mol. The summed E-state index contributed by atoms with van der Waals surface area (Å²) < 4.78 is 19.2. The summed E-state index contributed by atoms with van der Waals surface area (Å²) in [7, 11) is 3.34. The highest BCUT2D eigenvalue weighted by Gasteiger charge is 2.30. The van der Waals surface area contributed by atoms with Crippen molar-refractivity contribution in [3.8, 4) is 0 Å². The molecular weight excluding hydrogens is 331 g/mol. The lowest BCUT2D eigenvalue weighted by molar-refractivity contribution is 0.0601. The number of nitrogens with zero attached hydrogens (tertiary/aromatic N) is 2. The van der Waals surface area contributed by atoms with Gasteiger partial charge in [0.2, 0.25) is 0 Å². The Morgan fingerprint density at radius 3 is 2.65 bits per heavy atom. The van der Waals surface area contributed by atoms with Crippen LogP contribution in [0.1, 0.15) is 28.4 Å². The first-order valence-corrected chi connectivity index (χ1v) is 8.50. The molecule has 1 atom stereocenters. The summed E-state index contributed by atoms with van der Waals surface area (Å²) in [5, 5.41) is 0. The molecule has 0 N–H and O–H groups in total. The maximum absolute atomic E-state index is 14.4. The van der Waals surface area contributed by atoms with Crippen molar-refractivity contribution in [2.75, 3.05) is 24.0 Å². The van der Waals surface area contributed by atoms with Gasteiger partial charge in [0, 0.05) is 18.3 Å². The van der Waals surface area contributed by atoms with E-state index >= 15 is 0 Å². The molecule has 0 aliphatic carbocycles. The lowest BCUT2D eigenvalue weighted by atomic mass is 10.0. The first kappa shape index (κ1) is 18.0. The summed E-state index contributed by atoms with van der Waals surface area (Å²) in [5.41, 5.74) is 4.60. The maximum Gasteiger partial charge on any atom is 0.337 e. The monoisotopic (exact) mass is 354 g/mol. The fourth-order valence-electron chi connectivity index (χ4n) is 3.31. The van der Waals surface area contributed by atoms with Crippen molar-refractivity contribution in [1.29, 1.82) is 0 Å². The smallest absolute Gasteiger partial charge is 0.337 e. The number of anilines is 2. The molecule has 0 radical (unpaired) electrons. The molecule has 0 spiro atoms. The SMILES string of the molecule is C=C1C(C)N(C)c2ccc(C(=O)OC)cc2N1Cc1c(C)cccc1F. The molecule has 1 aliphatic rings. The number of ether oxygens (including phenoxy) is 1. The van der Waals surface area contributed by atoms with Crippen LogP contribution in [0, 0.1) is 12.7 Å². The third kappa shape index (κ3) is 2.94. The number of rotatable bonds is 3. The molecule has 26 heavy (non-hydrogen) atoms. The number of fused-ring (bicyclic) bond motifs is 1. The second kappa shape index (κ2) is 6.83. The predicted octanol–water partition coefficient (Wildman–Crippen LogP) is 4.28. The molecule has 136 valence electrons. The Bertz CT molecular complexity index is 858. The minimum atomic E-state index is -0.401. The summed E-state index contributed by atoms with van der Waals surface area (Å²) in [6.45, 7) is 8.53. The first-order valence-electron chi connectivity index (χ1n) is 8.50. The van der Waals surface area contributed by atoms with Crippen LogP contribution < -0.4 is 9.80 Å². The van der Waals surface area contributed by atoms with Crippen molar-refractivity contribution in [3.05, 3.63) is 71.2 Å². The Balaban J connectivity index is 2.11. The van der Waals surface area contributed by atoms with Gasteiger partial charge in [0.05, 0.1) is 36.6 Å². The standard InChI is InChI=1S/C21H23FN2O2/c1-13-7-6-8-18(22)17(13)12-24-15(3)14(2)23(4)19-10-9-16(11-20(19)24)21(25)26-5/h6-11,14H,3,12H2,1-2,4-5H3. The minimum absolute atomic E-state index is 0.0542. The molecule has 0 saturated carbocycles. The average molecular weight is 354 g/mol. The highest BCUT2D eigenvalue weighted by Crippen LogP contribution is 2.40. The van der Waals surface area contributed by atoms with E-state index in [1.54, 1.807) is 18.2 Å². The zero-order chi connectivity index (χ0) is 19.0. The van der Waals surface area contributed by atoms with Gasteiger partial charge in [-0.3, -0.25) is 0 Å². The molecule has 4 nitrogen and oxygen atoms in total. The summed E-state index contributed by atoms with van der Waals surface area (Å²) >= 11 is 0. The van der Waals surface area contributed by atoms with Crippen LogP contribution in [0.15, 0.2) is 48.7 Å². The van der Waals surface area contributed by atoms with Gasteiger partial charge in [-0.05, 0) is 43.7 Å². The molecule has 3 rings (SSSR count). The average Bonchev–Trinajstić information content (AvgIpc) is 2.64. The van der Waals surface area contributed by atoms with Gasteiger partial charge in [-0.2, -0.15) is 0 Å². The third-order valence-corrected chi connectivity index (χ3v) is 5.15. The lowest BCUT2D eigenvalue weighted by Gasteiger charge is -2.43. The summed E-state index contributed by atoms with van der Waals surface area (Å²) in [6.07, 6.45) is 0. The van der Waals surface area contributed by atoms with E-state index in [0.717, 1.165) is 22.6 Å². The zero-order valence-electron chi connectivity index (χ0n) is 15.5. The van der Waals surface area contributed by atoms with Crippen molar-refractivity contribution < 1.29 is 13.9 Å². The molecule has 0 aromatic heterocycles. The van der Waals surface area contributed by atoms with E-state index in [-0.39, 0.29) is 11.9 Å². The number of hydrogen-bond donors (Lipinski definition) is 0. The van der Waals surface area contributed by atoms with Crippen molar-refractivity contribution >= 4 is 17.3 Å². The molecule has 1 heterocycles. The maximum atomic E-state index is 14.4. The van der Waals surface area contributed by atoms with Gasteiger partial charge in [0.1, 0.15) is 5.82 Å². The van der Waals surface area contributed by atoms with Gasteiger partial charge >= 0.3 is 5.97 Å². The number of halogens is 1. The second-order valence-electron chi connectivity index (χ2n) is 6.59. The molecule has 0 saturated heterocycles. The molecule has 1 unspecified atom stereocenters. The molecule has 5 heteroatoms. The van der Waals surface area contributed by atoms with E-state index in [4.69, 9.17) is 4.74 Å². The van der Waals surface area contributed by atoms with E-state index in [2.05, 4.69) is 18.4 Å². The highest BCUT2D eigenvalue weighted by molar-refractivity contribution is 5.93. The fraction of sp³-hybridized carbons (Fsp3) is 0.286. The van der Waals surface area contributed by atoms with Crippen molar-refractivity contribution in [3.63, 3.8) is 0 Å². The van der Waals surface area contributed by atoms with Crippen LogP contribution in [0.4, 0.5) is 15.8 Å². The molecule has 0 amide bonds. The van der Waals surface area contributed by atoms with E-state index in [1.165, 1.54) is 13.2 Å². The van der Waals surface area contributed by atoms with Crippen LogP contribution in [0.3, 0.4) is 0 Å². The van der Waals surface area contributed by atoms with Crippen LogP contribution in [-0.2, 0) is 11.3 Å². The Morgan fingerprint density at radius 2 is 2.00 bits per heavy atom. The van der Waals surface area contributed by atoms with Crippen molar-refractivity contribution in [2.45, 2.75) is 26.4 Å². The molecule has 0 bridgehead atoms. The largest absolute Gasteiger partial charge is 0.465 e. The lowest BCUT2D eigenvalue weighted by Crippen LogP contribution is -2.43. The summed E-state index contributed by atoms with van der Waals surface area (Å²) in [6, 6.07) is 10.5. The summed E-state index contributed by atoms with van der Waals surface area (Å²) in [5.74, 6) is -0.642. The minimum Gasteiger partial charge on any atom is -0.465 e. The number of esters is 1. The molecule has 2 aromatic carbocycles. The normalized spacial score (nSPS) is 16.5. The number of benzene rings is 2. The van der Waals surface area contributed by atoms with Gasteiger partial charge < -0.3 is 14.5 Å². The van der Waals surface area contributed by atoms with E-state index in [0.29, 0.717) is 17.7 Å². The Labute approximate surface area is 153 Å². The van der Waals surface area contributed by atoms with Crippen LogP contribution in [-0.4, -0.2) is 26.2 Å². The van der Waals surface area contributed by atoms with Gasteiger partial charge in [-0.1, -0.05) is 18.7 Å².